The van der Waals surface area contributed by atoms with E-state index in [1.54, 1.807) is 0 Å². The molecule has 0 radical (unpaired) electrons. The van der Waals surface area contributed by atoms with Gasteiger partial charge in [0.25, 0.3) is 5.92 Å². The SMILES string of the molecule is CC(F)C(F)(F)C[SiH](Cl)Cl. The molecule has 0 aliphatic heterocycles. The van der Waals surface area contributed by atoms with Gasteiger partial charge in [-0.2, -0.15) is 22.2 Å². The van der Waals surface area contributed by atoms with Crippen molar-refractivity contribution in [2.45, 2.75) is 25.1 Å². The van der Waals surface area contributed by atoms with Crippen LogP contribution in [0, 0.1) is 0 Å². The fourth-order valence-corrected chi connectivity index (χ4v) is 2.34. The molecule has 0 rings (SSSR count). The van der Waals surface area contributed by atoms with Gasteiger partial charge in [-0.3, -0.25) is 0 Å². The number of halogens is 5. The van der Waals surface area contributed by atoms with Crippen molar-refractivity contribution >= 4 is 29.6 Å². The fraction of sp³-hybridized carbons (Fsp3) is 1.00. The first-order valence-corrected chi connectivity index (χ1v) is 6.97. The van der Waals surface area contributed by atoms with Gasteiger partial charge in [-0.1, -0.05) is 0 Å². The van der Waals surface area contributed by atoms with Gasteiger partial charge in [0.2, 0.25) is 7.42 Å². The quantitative estimate of drug-likeness (QED) is 0.497. The van der Waals surface area contributed by atoms with Gasteiger partial charge in [-0.25, -0.2) is 13.2 Å². The van der Waals surface area contributed by atoms with Gasteiger partial charge in [0.15, 0.2) is 6.17 Å². The van der Waals surface area contributed by atoms with Gasteiger partial charge in [0.1, 0.15) is 0 Å². The smallest absolute Gasteiger partial charge is 0.241 e. The first kappa shape index (κ1) is 10.6. The van der Waals surface area contributed by atoms with E-state index in [2.05, 4.69) is 0 Å². The lowest BCUT2D eigenvalue weighted by atomic mass is 10.3. The Bertz CT molecular complexity index is 107. The van der Waals surface area contributed by atoms with Gasteiger partial charge in [-0.05, 0) is 6.92 Å². The predicted molar refractivity (Wildman–Crippen MR) is 39.2 cm³/mol. The molecule has 0 saturated heterocycles. The Kier molecular flexibility index (Phi) is 4.05. The van der Waals surface area contributed by atoms with Crippen LogP contribution in [0.15, 0.2) is 0 Å². The topological polar surface area (TPSA) is 0 Å². The summed E-state index contributed by atoms with van der Waals surface area (Å²) in [5, 5.41) is 0. The number of hydrogen-bond donors (Lipinski definition) is 0. The summed E-state index contributed by atoms with van der Waals surface area (Å²) in [5.41, 5.74) is 0. The molecule has 6 heteroatoms. The average molecular weight is 211 g/mol. The molecule has 10 heavy (non-hydrogen) atoms. The van der Waals surface area contributed by atoms with Crippen molar-refractivity contribution in [1.82, 2.24) is 0 Å². The molecule has 0 aliphatic rings. The Morgan fingerprint density at radius 3 is 2.00 bits per heavy atom. The summed E-state index contributed by atoms with van der Waals surface area (Å²) in [7, 11) is -2.40. The van der Waals surface area contributed by atoms with Crippen molar-refractivity contribution in [2.24, 2.45) is 0 Å². The van der Waals surface area contributed by atoms with Crippen LogP contribution in [0.4, 0.5) is 13.2 Å². The second kappa shape index (κ2) is 3.83. The lowest BCUT2D eigenvalue weighted by Crippen LogP contribution is -2.29. The second-order valence-corrected chi connectivity index (χ2v) is 6.99. The summed E-state index contributed by atoms with van der Waals surface area (Å²) in [4.78, 5) is 0. The number of hydrogen-bond acceptors (Lipinski definition) is 0. The van der Waals surface area contributed by atoms with Crippen LogP contribution in [0.5, 0.6) is 0 Å². The van der Waals surface area contributed by atoms with E-state index < -0.39 is 25.6 Å². The van der Waals surface area contributed by atoms with Crippen molar-refractivity contribution in [3.63, 3.8) is 0 Å². The van der Waals surface area contributed by atoms with Crippen molar-refractivity contribution < 1.29 is 13.2 Å². The maximum Gasteiger partial charge on any atom is 0.278 e. The van der Waals surface area contributed by atoms with E-state index in [0.29, 0.717) is 0 Å². The van der Waals surface area contributed by atoms with Crippen molar-refractivity contribution in [3.05, 3.63) is 0 Å². The maximum absolute atomic E-state index is 12.3. The lowest BCUT2D eigenvalue weighted by Gasteiger charge is -2.16. The van der Waals surface area contributed by atoms with Gasteiger partial charge >= 0.3 is 0 Å². The summed E-state index contributed by atoms with van der Waals surface area (Å²) in [6.45, 7) is 0.796. The number of alkyl halides is 3. The third kappa shape index (κ3) is 3.68. The minimum atomic E-state index is -3.35. The van der Waals surface area contributed by atoms with Crippen LogP contribution in [-0.4, -0.2) is 19.5 Å². The molecule has 0 saturated carbocycles. The molecule has 0 aliphatic carbocycles. The molecule has 0 fully saturated rings. The van der Waals surface area contributed by atoms with E-state index in [0.717, 1.165) is 6.92 Å². The standard InChI is InChI=1S/C4H7Cl2F3Si/c1-3(7)4(8,9)2-10(5)6/h3,10H,2H2,1H3. The summed E-state index contributed by atoms with van der Waals surface area (Å²) >= 11 is 10.3. The van der Waals surface area contributed by atoms with Crippen molar-refractivity contribution in [2.75, 3.05) is 0 Å². The Hall–Kier alpha value is 0.587. The minimum absolute atomic E-state index is 0.701. The minimum Gasteiger partial charge on any atom is -0.241 e. The molecule has 0 heterocycles. The van der Waals surface area contributed by atoms with Crippen molar-refractivity contribution in [1.29, 1.82) is 0 Å². The molecule has 1 unspecified atom stereocenters. The zero-order valence-electron chi connectivity index (χ0n) is 5.25. The van der Waals surface area contributed by atoms with E-state index in [9.17, 15) is 13.2 Å². The normalized spacial score (nSPS) is 15.9. The monoisotopic (exact) mass is 210 g/mol. The molecule has 0 spiro atoms. The highest BCUT2D eigenvalue weighted by atomic mass is 35.7. The summed E-state index contributed by atoms with van der Waals surface area (Å²) in [6.07, 6.45) is -2.17. The summed E-state index contributed by atoms with van der Waals surface area (Å²) in [6, 6.07) is -0.701. The molecule has 0 aromatic carbocycles. The highest BCUT2D eigenvalue weighted by molar-refractivity contribution is 7.33. The Morgan fingerprint density at radius 1 is 1.50 bits per heavy atom. The van der Waals surface area contributed by atoms with Crippen LogP contribution in [0.25, 0.3) is 0 Å². The molecule has 0 aromatic rings. The predicted octanol–water partition coefficient (Wildman–Crippen LogP) is 2.68. The van der Waals surface area contributed by atoms with Crippen LogP contribution in [0.3, 0.4) is 0 Å². The highest BCUT2D eigenvalue weighted by Gasteiger charge is 2.38. The first-order valence-electron chi connectivity index (χ1n) is 2.66. The van der Waals surface area contributed by atoms with Crippen molar-refractivity contribution in [3.8, 4) is 0 Å². The van der Waals surface area contributed by atoms with Gasteiger partial charge < -0.3 is 0 Å². The van der Waals surface area contributed by atoms with Crippen LogP contribution < -0.4 is 0 Å². The third-order valence-corrected chi connectivity index (χ3v) is 2.79. The van der Waals surface area contributed by atoms with Crippen LogP contribution in [-0.2, 0) is 0 Å². The molecular weight excluding hydrogens is 204 g/mol. The zero-order chi connectivity index (χ0) is 8.36. The van der Waals surface area contributed by atoms with Crippen LogP contribution >= 0.6 is 22.2 Å². The molecule has 0 nitrogen and oxygen atoms in total. The van der Waals surface area contributed by atoms with E-state index in [-0.39, 0.29) is 0 Å². The summed E-state index contributed by atoms with van der Waals surface area (Å²) < 4.78 is 36.6. The van der Waals surface area contributed by atoms with Crippen LogP contribution in [0.2, 0.25) is 6.04 Å². The maximum atomic E-state index is 12.3. The largest absolute Gasteiger partial charge is 0.278 e. The van der Waals surface area contributed by atoms with E-state index in [4.69, 9.17) is 22.2 Å². The Labute approximate surface area is 68.3 Å². The first-order chi connectivity index (χ1) is 4.36. The fourth-order valence-electron chi connectivity index (χ4n) is 0.368. The Balaban J connectivity index is 3.87. The molecule has 0 aromatic heterocycles. The van der Waals surface area contributed by atoms with Gasteiger partial charge in [-0.15, -0.1) is 0 Å². The number of rotatable bonds is 3. The third-order valence-electron chi connectivity index (χ3n) is 1.01. The van der Waals surface area contributed by atoms with Gasteiger partial charge in [0.05, 0.1) is 0 Å². The molecular formula is C4H7Cl2F3Si. The summed E-state index contributed by atoms with van der Waals surface area (Å²) in [5.74, 6) is -3.35. The molecule has 62 valence electrons. The molecule has 0 N–H and O–H groups in total. The van der Waals surface area contributed by atoms with Crippen LogP contribution in [0.1, 0.15) is 6.92 Å². The lowest BCUT2D eigenvalue weighted by molar-refractivity contribution is -0.0466. The van der Waals surface area contributed by atoms with Gasteiger partial charge in [0, 0.05) is 6.04 Å². The molecule has 0 amide bonds. The highest BCUT2D eigenvalue weighted by Crippen LogP contribution is 2.29. The van der Waals surface area contributed by atoms with E-state index in [1.165, 1.54) is 0 Å². The van der Waals surface area contributed by atoms with E-state index in [1.807, 2.05) is 0 Å². The second-order valence-electron chi connectivity index (χ2n) is 1.97. The van der Waals surface area contributed by atoms with E-state index >= 15 is 0 Å². The zero-order valence-corrected chi connectivity index (χ0v) is 7.92. The molecule has 0 bridgehead atoms. The Morgan fingerprint density at radius 2 is 1.90 bits per heavy atom. The average Bonchev–Trinajstić information content (AvgIpc) is 1.60. The molecule has 1 atom stereocenters.